The Morgan fingerprint density at radius 3 is 1.25 bits per heavy atom. The van der Waals surface area contributed by atoms with E-state index in [-0.39, 0.29) is 0 Å². The quantitative estimate of drug-likeness (QED) is 0.409. The second-order valence-corrected chi connectivity index (χ2v) is 1.71. The Labute approximate surface area is 67.8 Å². The number of hydrogen-bond acceptors (Lipinski definition) is 3. The summed E-state index contributed by atoms with van der Waals surface area (Å²) in [6.45, 7) is 3.04. The fraction of sp³-hybridized carbons (Fsp3) is 0.600. The van der Waals surface area contributed by atoms with E-state index in [0.717, 1.165) is 6.61 Å². The van der Waals surface area contributed by atoms with Crippen molar-refractivity contribution in [2.24, 2.45) is 0 Å². The molecule has 0 radical (unpaired) electrons. The molecule has 0 aromatic rings. The highest BCUT2D eigenvalue weighted by atomic mass is 16.6. The van der Waals surface area contributed by atoms with Gasteiger partial charge in [0.1, 0.15) is 0 Å². The van der Waals surface area contributed by atoms with Gasteiger partial charge >= 0.3 is 12.3 Å². The van der Waals surface area contributed by atoms with Crippen molar-refractivity contribution in [3.05, 3.63) is 0 Å². The number of epoxide rings is 1. The molecule has 0 amide bonds. The molecule has 1 atom stereocenters. The van der Waals surface area contributed by atoms with Crippen LogP contribution in [0.15, 0.2) is 0 Å². The van der Waals surface area contributed by atoms with Crippen LogP contribution in [0.4, 0.5) is 9.59 Å². The zero-order valence-electron chi connectivity index (χ0n) is 6.30. The summed E-state index contributed by atoms with van der Waals surface area (Å²) in [5, 5.41) is 27.9. The SMILES string of the molecule is CC1CO1.O=C(O)O.O=C(O)O. The van der Waals surface area contributed by atoms with Gasteiger partial charge in [-0.2, -0.15) is 0 Å². The van der Waals surface area contributed by atoms with E-state index >= 15 is 0 Å². The third kappa shape index (κ3) is 212. The van der Waals surface area contributed by atoms with E-state index in [2.05, 4.69) is 6.92 Å². The van der Waals surface area contributed by atoms with Crippen LogP contribution in [0.25, 0.3) is 0 Å². The van der Waals surface area contributed by atoms with Crippen molar-refractivity contribution in [1.29, 1.82) is 0 Å². The molecule has 1 fully saturated rings. The predicted molar refractivity (Wildman–Crippen MR) is 36.7 cm³/mol. The molecule has 0 spiro atoms. The van der Waals surface area contributed by atoms with Crippen LogP contribution < -0.4 is 0 Å². The summed E-state index contributed by atoms with van der Waals surface area (Å²) in [7, 11) is 0. The summed E-state index contributed by atoms with van der Waals surface area (Å²) in [5.41, 5.74) is 0. The number of carboxylic acid groups (broad SMARTS) is 4. The summed E-state index contributed by atoms with van der Waals surface area (Å²) in [6, 6.07) is 0. The first-order valence-electron chi connectivity index (χ1n) is 2.81. The van der Waals surface area contributed by atoms with Gasteiger partial charge in [0.05, 0.1) is 12.7 Å². The predicted octanol–water partition coefficient (Wildman–Crippen LogP) is 0.850. The fourth-order valence-electron chi connectivity index (χ4n) is 0.0962. The van der Waals surface area contributed by atoms with Gasteiger partial charge < -0.3 is 25.2 Å². The van der Waals surface area contributed by atoms with Gasteiger partial charge in [0, 0.05) is 0 Å². The van der Waals surface area contributed by atoms with Gasteiger partial charge in [0.25, 0.3) is 0 Å². The van der Waals surface area contributed by atoms with Gasteiger partial charge in [-0.3, -0.25) is 0 Å². The Hall–Kier alpha value is -1.50. The molecule has 0 bridgehead atoms. The zero-order valence-corrected chi connectivity index (χ0v) is 6.30. The maximum absolute atomic E-state index is 8.56. The first kappa shape index (κ1) is 13.1. The Morgan fingerprint density at radius 2 is 1.25 bits per heavy atom. The van der Waals surface area contributed by atoms with Crippen LogP contribution in [-0.4, -0.2) is 45.4 Å². The monoisotopic (exact) mass is 182 g/mol. The molecule has 1 rings (SSSR count). The highest BCUT2D eigenvalue weighted by Crippen LogP contribution is 2.04. The second-order valence-electron chi connectivity index (χ2n) is 1.71. The van der Waals surface area contributed by atoms with Crippen molar-refractivity contribution in [1.82, 2.24) is 0 Å². The van der Waals surface area contributed by atoms with Gasteiger partial charge in [-0.1, -0.05) is 0 Å². The molecular formula is C5H10O7. The van der Waals surface area contributed by atoms with Crippen molar-refractivity contribution in [2.45, 2.75) is 13.0 Å². The van der Waals surface area contributed by atoms with Gasteiger partial charge in [-0.15, -0.1) is 0 Å². The molecule has 0 saturated carbocycles. The third-order valence-corrected chi connectivity index (χ3v) is 0.500. The van der Waals surface area contributed by atoms with Crippen LogP contribution in [0.5, 0.6) is 0 Å². The van der Waals surface area contributed by atoms with E-state index in [1.807, 2.05) is 0 Å². The molecule has 0 aromatic heterocycles. The lowest BCUT2D eigenvalue weighted by Gasteiger charge is -1.60. The summed E-state index contributed by atoms with van der Waals surface area (Å²) in [4.78, 5) is 17.1. The van der Waals surface area contributed by atoms with Crippen LogP contribution in [0.2, 0.25) is 0 Å². The topological polar surface area (TPSA) is 128 Å². The van der Waals surface area contributed by atoms with E-state index in [1.165, 1.54) is 0 Å². The third-order valence-electron chi connectivity index (χ3n) is 0.500. The van der Waals surface area contributed by atoms with Crippen LogP contribution in [0.1, 0.15) is 6.92 Å². The average Bonchev–Trinajstić information content (AvgIpc) is 2.46. The summed E-state index contributed by atoms with van der Waals surface area (Å²) in [5.74, 6) is 0. The largest absolute Gasteiger partial charge is 0.503 e. The lowest BCUT2D eigenvalue weighted by Crippen LogP contribution is -1.81. The maximum Gasteiger partial charge on any atom is 0.503 e. The minimum Gasteiger partial charge on any atom is -0.450 e. The van der Waals surface area contributed by atoms with E-state index in [0.29, 0.717) is 6.10 Å². The smallest absolute Gasteiger partial charge is 0.450 e. The molecule has 7 nitrogen and oxygen atoms in total. The van der Waals surface area contributed by atoms with Crippen molar-refractivity contribution in [3.63, 3.8) is 0 Å². The van der Waals surface area contributed by atoms with Gasteiger partial charge in [-0.05, 0) is 6.92 Å². The van der Waals surface area contributed by atoms with Crippen LogP contribution >= 0.6 is 0 Å². The summed E-state index contributed by atoms with van der Waals surface area (Å²) < 4.78 is 4.71. The van der Waals surface area contributed by atoms with E-state index < -0.39 is 12.3 Å². The molecular weight excluding hydrogens is 172 g/mol. The number of carbonyl (C=O) groups is 2. The number of rotatable bonds is 0. The van der Waals surface area contributed by atoms with Crippen LogP contribution in [0.3, 0.4) is 0 Å². The highest BCUT2D eigenvalue weighted by molar-refractivity contribution is 5.53. The van der Waals surface area contributed by atoms with Crippen LogP contribution in [0, 0.1) is 0 Å². The standard InChI is InChI=1S/C3H6O.2CH2O3/c1-3-2-4-3;2*2-1(3)4/h3H,2H2,1H3;2*(H2,2,3,4). The van der Waals surface area contributed by atoms with E-state index in [4.69, 9.17) is 34.8 Å². The lowest BCUT2D eigenvalue weighted by molar-refractivity contribution is 0.135. The molecule has 1 unspecified atom stereocenters. The number of ether oxygens (including phenoxy) is 1. The maximum atomic E-state index is 8.56. The average molecular weight is 182 g/mol. The molecule has 72 valence electrons. The highest BCUT2D eigenvalue weighted by Gasteiger charge is 2.13. The van der Waals surface area contributed by atoms with Crippen molar-refractivity contribution in [2.75, 3.05) is 6.61 Å². The van der Waals surface area contributed by atoms with Crippen molar-refractivity contribution < 1.29 is 34.8 Å². The van der Waals surface area contributed by atoms with E-state index in [9.17, 15) is 0 Å². The molecule has 1 aliphatic heterocycles. The lowest BCUT2D eigenvalue weighted by atomic mass is 10.6. The molecule has 7 heteroatoms. The Balaban J connectivity index is 0. The molecule has 0 aliphatic carbocycles. The van der Waals surface area contributed by atoms with Gasteiger partial charge in [0.15, 0.2) is 0 Å². The molecule has 1 heterocycles. The minimum atomic E-state index is -1.83. The normalized spacial score (nSPS) is 17.2. The van der Waals surface area contributed by atoms with E-state index in [1.54, 1.807) is 0 Å². The van der Waals surface area contributed by atoms with Crippen molar-refractivity contribution in [3.8, 4) is 0 Å². The molecule has 12 heavy (non-hydrogen) atoms. The molecule has 1 aliphatic rings. The second kappa shape index (κ2) is 7.61. The number of hydrogen-bond donors (Lipinski definition) is 4. The van der Waals surface area contributed by atoms with Crippen molar-refractivity contribution >= 4 is 12.3 Å². The first-order chi connectivity index (χ1) is 5.36. The Morgan fingerprint density at radius 1 is 1.17 bits per heavy atom. The molecule has 4 N–H and O–H groups in total. The van der Waals surface area contributed by atoms with Gasteiger partial charge in [0.2, 0.25) is 0 Å². The van der Waals surface area contributed by atoms with Gasteiger partial charge in [-0.25, -0.2) is 9.59 Å². The summed E-state index contributed by atoms with van der Waals surface area (Å²) in [6.07, 6.45) is -3.08. The molecule has 1 saturated heterocycles. The first-order valence-corrected chi connectivity index (χ1v) is 2.81. The Bertz CT molecular complexity index is 119. The van der Waals surface area contributed by atoms with Crippen LogP contribution in [-0.2, 0) is 4.74 Å². The minimum absolute atomic E-state index is 0.583. The fourth-order valence-corrected chi connectivity index (χ4v) is 0.0962. The zero-order chi connectivity index (χ0) is 10.1. The summed E-state index contributed by atoms with van der Waals surface area (Å²) >= 11 is 0. The molecule has 0 aromatic carbocycles. The Kier molecular flexibility index (Phi) is 8.31.